The van der Waals surface area contributed by atoms with E-state index in [9.17, 15) is 49.2 Å². The molecule has 0 saturated heterocycles. The van der Waals surface area contributed by atoms with E-state index in [1.807, 2.05) is 142 Å². The van der Waals surface area contributed by atoms with Crippen molar-refractivity contribution in [2.24, 2.45) is 0 Å². The molecule has 0 aliphatic carbocycles. The first-order chi connectivity index (χ1) is 49.8. The molecule has 30 heteroatoms. The maximum absolute atomic E-state index is 12.9. The lowest BCUT2D eigenvalue weighted by atomic mass is 10.1. The van der Waals surface area contributed by atoms with Crippen LogP contribution < -0.4 is 30.1 Å². The summed E-state index contributed by atoms with van der Waals surface area (Å²) in [7, 11) is 0.660. The van der Waals surface area contributed by atoms with Gasteiger partial charge in [-0.2, -0.15) is 0 Å². The van der Waals surface area contributed by atoms with Crippen LogP contribution in [0.25, 0.3) is 6.08 Å². The van der Waals surface area contributed by atoms with Crippen LogP contribution in [-0.2, 0) is 49.0 Å². The summed E-state index contributed by atoms with van der Waals surface area (Å²) in [5, 5.41) is 10.5. The molecular weight excluding hydrogens is 1480 g/mol. The molecule has 24 nitrogen and oxygen atoms in total. The lowest BCUT2D eigenvalue weighted by Crippen LogP contribution is -2.36. The van der Waals surface area contributed by atoms with Gasteiger partial charge < -0.3 is 49.6 Å². The molecule has 6 N–H and O–H groups in total. The van der Waals surface area contributed by atoms with Crippen molar-refractivity contribution in [3.63, 3.8) is 0 Å². The highest BCUT2D eigenvalue weighted by Gasteiger charge is 2.30. The molecule has 3 amide bonds. The molecule has 0 aromatic heterocycles. The summed E-state index contributed by atoms with van der Waals surface area (Å²) in [6, 6.07) is 38.8. The molecule has 588 valence electrons. The summed E-state index contributed by atoms with van der Waals surface area (Å²) in [5.41, 5.74) is 2.11. The SMILES string of the molecule is C=Cc1cc(S(=O)(=O)NC(=O)OC(C)(C)C)cc(C)c1NC(CCN(C)C)CSc1ccccc1.COC(=O)c1cc(S(=O)(=O)NC(=O)OC(C)(C)C)cc(C)c1NC(CCN(C)C)CSc1ccccc1.Cc1cc(S(=O)(=O)NC(=O)OC(C)(C)C)cc(C=O)c1NC(CCN(C)C)CSc1ccccc1. The number of thioether (sulfide) groups is 3. The molecule has 0 heterocycles. The number of hydrogen-bond acceptors (Lipinski definition) is 24. The van der Waals surface area contributed by atoms with Gasteiger partial charge in [-0.25, -0.2) is 58.6 Å². The fourth-order valence-electron chi connectivity index (χ4n) is 9.88. The van der Waals surface area contributed by atoms with Crippen LogP contribution in [0, 0.1) is 20.8 Å². The molecule has 3 unspecified atom stereocenters. The van der Waals surface area contributed by atoms with Crippen molar-refractivity contribution in [3.8, 4) is 0 Å². The largest absolute Gasteiger partial charge is 0.465 e. The van der Waals surface area contributed by atoms with Crippen LogP contribution >= 0.6 is 35.3 Å². The minimum Gasteiger partial charge on any atom is -0.465 e. The number of aldehydes is 1. The first kappa shape index (κ1) is 91.6. The second kappa shape index (κ2) is 42.2. The third-order valence-corrected chi connectivity index (χ3v) is 22.3. The van der Waals surface area contributed by atoms with Gasteiger partial charge in [0.15, 0.2) is 6.29 Å². The molecule has 6 aromatic carbocycles. The van der Waals surface area contributed by atoms with Gasteiger partial charge in [-0.3, -0.25) is 4.79 Å². The fourth-order valence-corrected chi connectivity index (χ4v) is 15.8. The van der Waals surface area contributed by atoms with Crippen LogP contribution in [0.2, 0.25) is 0 Å². The fraction of sp³-hybridized carbons (Fsp3) is 0.442. The van der Waals surface area contributed by atoms with Crippen molar-refractivity contribution in [1.29, 1.82) is 0 Å². The maximum atomic E-state index is 12.9. The van der Waals surface area contributed by atoms with Crippen molar-refractivity contribution in [1.82, 2.24) is 28.9 Å². The van der Waals surface area contributed by atoms with E-state index < -0.39 is 71.1 Å². The summed E-state index contributed by atoms with van der Waals surface area (Å²) in [6.07, 6.45) is 1.56. The average Bonchev–Trinajstić information content (AvgIpc) is 0.802. The number of sulfonamides is 3. The molecule has 0 fully saturated rings. The Balaban J connectivity index is 0.000000339. The smallest absolute Gasteiger partial charge is 0.421 e. The van der Waals surface area contributed by atoms with Crippen LogP contribution in [0.1, 0.15) is 125 Å². The third kappa shape index (κ3) is 33.7. The van der Waals surface area contributed by atoms with Crippen molar-refractivity contribution >= 4 is 119 Å². The number of benzene rings is 6. The van der Waals surface area contributed by atoms with Gasteiger partial charge in [0.1, 0.15) is 16.8 Å². The summed E-state index contributed by atoms with van der Waals surface area (Å²) < 4.78 is 103. The number of anilines is 3. The van der Waals surface area contributed by atoms with Crippen LogP contribution in [-0.4, -0.2) is 192 Å². The Labute approximate surface area is 647 Å². The van der Waals surface area contributed by atoms with E-state index in [0.29, 0.717) is 34.4 Å². The Bertz CT molecular complexity index is 4090. The highest BCUT2D eigenvalue weighted by atomic mass is 32.2. The third-order valence-electron chi connectivity index (χ3n) is 14.9. The second-order valence-electron chi connectivity index (χ2n) is 28.9. The molecule has 6 aromatic rings. The number of aryl methyl sites for hydroxylation is 3. The Morgan fingerprint density at radius 3 is 1.01 bits per heavy atom. The molecule has 0 aliphatic rings. The van der Waals surface area contributed by atoms with Crippen molar-refractivity contribution in [2.75, 3.05) is 102 Å². The van der Waals surface area contributed by atoms with Gasteiger partial charge in [-0.05, 0) is 259 Å². The first-order valence-electron chi connectivity index (χ1n) is 34.5. The van der Waals surface area contributed by atoms with E-state index in [4.69, 9.17) is 18.9 Å². The summed E-state index contributed by atoms with van der Waals surface area (Å²) >= 11 is 5.17. The summed E-state index contributed by atoms with van der Waals surface area (Å²) in [4.78, 5) is 70.2. The normalized spacial score (nSPS) is 12.7. The van der Waals surface area contributed by atoms with Gasteiger partial charge in [0.2, 0.25) is 0 Å². The Morgan fingerprint density at radius 2 is 0.729 bits per heavy atom. The first-order valence-corrected chi connectivity index (χ1v) is 41.9. The highest BCUT2D eigenvalue weighted by Crippen LogP contribution is 2.33. The summed E-state index contributed by atoms with van der Waals surface area (Å²) in [6.45, 7) is 26.5. The quantitative estimate of drug-likeness (QED) is 0.00965. The van der Waals surface area contributed by atoms with E-state index in [1.165, 1.54) is 42.3 Å². The number of carbonyl (C=O) groups is 5. The minimum absolute atomic E-state index is 0.0233. The number of nitrogens with zero attached hydrogens (tertiary/aromatic N) is 3. The lowest BCUT2D eigenvalue weighted by Gasteiger charge is -2.25. The number of hydrogen-bond donors (Lipinski definition) is 6. The zero-order chi connectivity index (χ0) is 80.3. The van der Waals surface area contributed by atoms with Crippen LogP contribution in [0.15, 0.2) is 163 Å². The number of methoxy groups -OCH3 is 1. The predicted octanol–water partition coefficient (Wildman–Crippen LogP) is 14.4. The molecule has 107 heavy (non-hydrogen) atoms. The minimum atomic E-state index is -4.30. The van der Waals surface area contributed by atoms with Crippen LogP contribution in [0.5, 0.6) is 0 Å². The molecule has 0 spiro atoms. The predicted molar refractivity (Wildman–Crippen MR) is 433 cm³/mol. The number of nitrogens with one attached hydrogen (secondary N) is 6. The Kier molecular flexibility index (Phi) is 36.1. The maximum Gasteiger partial charge on any atom is 0.421 e. The second-order valence-corrected chi connectivity index (χ2v) is 37.2. The molecule has 0 radical (unpaired) electrons. The van der Waals surface area contributed by atoms with E-state index in [2.05, 4.69) is 49.4 Å². The van der Waals surface area contributed by atoms with Crippen molar-refractivity contribution in [2.45, 2.75) is 167 Å². The topological polar surface area (TPSA) is 307 Å². The van der Waals surface area contributed by atoms with Crippen LogP contribution in [0.4, 0.5) is 31.4 Å². The van der Waals surface area contributed by atoms with E-state index in [1.54, 1.807) is 124 Å². The van der Waals surface area contributed by atoms with E-state index >= 15 is 0 Å². The monoisotopic (exact) mass is 1590 g/mol. The zero-order valence-corrected chi connectivity index (χ0v) is 69.9. The number of rotatable bonds is 33. The number of carbonyl (C=O) groups excluding carboxylic acids is 5. The van der Waals surface area contributed by atoms with Gasteiger partial charge in [0.25, 0.3) is 30.1 Å². The number of amides is 3. The van der Waals surface area contributed by atoms with Gasteiger partial charge >= 0.3 is 24.2 Å². The number of ether oxygens (including phenoxy) is 4. The van der Waals surface area contributed by atoms with Gasteiger partial charge in [-0.15, -0.1) is 35.3 Å². The van der Waals surface area contributed by atoms with E-state index in [0.717, 1.165) is 77.2 Å². The Morgan fingerprint density at radius 1 is 0.449 bits per heavy atom. The molecule has 0 aliphatic heterocycles. The lowest BCUT2D eigenvalue weighted by molar-refractivity contribution is 0.0557. The van der Waals surface area contributed by atoms with Crippen molar-refractivity contribution < 1.29 is 68.2 Å². The number of esters is 1. The molecule has 0 saturated carbocycles. The summed E-state index contributed by atoms with van der Waals surface area (Å²) in [5.74, 6) is 1.63. The standard InChI is InChI=1S/C26H37N3O6S2.C26H37N3O4S2.C25H35N3O5S2/c1-18-15-21(37(32,33)28-25(31)35-26(2,3)4)16-22(24(30)34-7)23(18)27-19(13-14-29(5)6)17-36-20-11-9-8-10-12-20;1-8-20-17-23(35(31,32)28-25(30)33-26(3,4)5)16-19(2)24(20)27-21(14-15-29(6)7)18-34-22-12-10-9-11-13-22;1-18-14-22(35(31,32)27-24(30)33-25(2,3)4)15-19(16-29)23(18)26-20(12-13-28(5)6)17-34-21-10-8-7-9-11-21/h8-12,15-16,19,27H,13-14,17H2,1-7H3,(H,28,31);8-13,16-17,21,27H,1,14-15,18H2,2-7H3,(H,28,30);7-11,14-16,20,26H,12-13,17H2,1-6H3,(H,27,30). The zero-order valence-electron chi connectivity index (χ0n) is 65.0. The van der Waals surface area contributed by atoms with Gasteiger partial charge in [0, 0.05) is 67.0 Å². The highest BCUT2D eigenvalue weighted by molar-refractivity contribution is 7.99. The molecule has 0 bridgehead atoms. The van der Waals surface area contributed by atoms with E-state index in [-0.39, 0.29) is 43.9 Å². The van der Waals surface area contributed by atoms with Gasteiger partial charge in [0.05, 0.1) is 33.0 Å². The molecular formula is C77H109N9O15S6. The average molecular weight is 1590 g/mol. The van der Waals surface area contributed by atoms with Crippen LogP contribution in [0.3, 0.4) is 0 Å². The Hall–Kier alpha value is -7.81. The van der Waals surface area contributed by atoms with Crippen molar-refractivity contribution in [3.05, 3.63) is 167 Å². The molecule has 6 rings (SSSR count). The molecule has 3 atom stereocenters. The van der Waals surface area contributed by atoms with Gasteiger partial charge in [-0.1, -0.05) is 67.3 Å².